The Hall–Kier alpha value is -2.83. The molecule has 0 atom stereocenters. The van der Waals surface area contributed by atoms with Gasteiger partial charge in [0, 0.05) is 18.8 Å². The van der Waals surface area contributed by atoms with E-state index in [1.807, 2.05) is 18.2 Å². The quantitative estimate of drug-likeness (QED) is 0.743. The predicted molar refractivity (Wildman–Crippen MR) is 103 cm³/mol. The van der Waals surface area contributed by atoms with Crippen LogP contribution in [-0.2, 0) is 6.42 Å². The standard InChI is InChI=1S/C20H26N4O3/c1-26-17-8-7-14(13-18(17)27-2)9-11-21-20-22-12-10-16(24-20)19(25)23-15-5-3-4-6-15/h7-8,10,12-13,15H,3-6,9,11H2,1-2H3,(H,23,25)(H,21,22,24). The van der Waals surface area contributed by atoms with Gasteiger partial charge < -0.3 is 20.1 Å². The SMILES string of the molecule is COc1ccc(CCNc2nccc(C(=O)NC3CCCC3)n2)cc1OC. The van der Waals surface area contributed by atoms with Gasteiger partial charge in [0.2, 0.25) is 5.95 Å². The molecule has 27 heavy (non-hydrogen) atoms. The van der Waals surface area contributed by atoms with E-state index in [-0.39, 0.29) is 11.9 Å². The van der Waals surface area contributed by atoms with E-state index in [2.05, 4.69) is 20.6 Å². The van der Waals surface area contributed by atoms with Gasteiger partial charge in [-0.05, 0) is 43.0 Å². The summed E-state index contributed by atoms with van der Waals surface area (Å²) in [6.45, 7) is 0.642. The van der Waals surface area contributed by atoms with E-state index in [9.17, 15) is 4.79 Å². The Kier molecular flexibility index (Phi) is 6.46. The van der Waals surface area contributed by atoms with Gasteiger partial charge in [-0.2, -0.15) is 0 Å². The highest BCUT2D eigenvalue weighted by Crippen LogP contribution is 2.27. The van der Waals surface area contributed by atoms with Crippen molar-refractivity contribution in [1.29, 1.82) is 0 Å². The van der Waals surface area contributed by atoms with Crippen LogP contribution in [-0.4, -0.2) is 42.7 Å². The van der Waals surface area contributed by atoms with Crippen molar-refractivity contribution < 1.29 is 14.3 Å². The van der Waals surface area contributed by atoms with Crippen LogP contribution in [0.2, 0.25) is 0 Å². The van der Waals surface area contributed by atoms with Gasteiger partial charge in [-0.1, -0.05) is 18.9 Å². The molecule has 2 aromatic rings. The summed E-state index contributed by atoms with van der Waals surface area (Å²) in [6, 6.07) is 7.75. The maximum atomic E-state index is 12.3. The Morgan fingerprint density at radius 2 is 1.93 bits per heavy atom. The van der Waals surface area contributed by atoms with Gasteiger partial charge in [0.1, 0.15) is 5.69 Å². The summed E-state index contributed by atoms with van der Waals surface area (Å²) in [7, 11) is 3.24. The van der Waals surface area contributed by atoms with Gasteiger partial charge in [0.25, 0.3) is 5.91 Å². The number of methoxy groups -OCH3 is 2. The summed E-state index contributed by atoms with van der Waals surface area (Å²) in [6.07, 6.45) is 6.83. The molecule has 1 aliphatic rings. The minimum Gasteiger partial charge on any atom is -0.493 e. The van der Waals surface area contributed by atoms with E-state index < -0.39 is 0 Å². The molecule has 1 fully saturated rings. The molecule has 0 saturated heterocycles. The fourth-order valence-electron chi connectivity index (χ4n) is 3.25. The van der Waals surface area contributed by atoms with Crippen LogP contribution in [0.4, 0.5) is 5.95 Å². The van der Waals surface area contributed by atoms with E-state index in [0.29, 0.717) is 29.7 Å². The number of aromatic nitrogens is 2. The number of amides is 1. The molecule has 7 heteroatoms. The minimum absolute atomic E-state index is 0.132. The molecular formula is C20H26N4O3. The van der Waals surface area contributed by atoms with Crippen molar-refractivity contribution in [1.82, 2.24) is 15.3 Å². The Labute approximate surface area is 159 Å². The lowest BCUT2D eigenvalue weighted by atomic mass is 10.1. The second-order valence-electron chi connectivity index (χ2n) is 6.59. The van der Waals surface area contributed by atoms with E-state index in [1.54, 1.807) is 26.5 Å². The average molecular weight is 370 g/mol. The molecule has 1 saturated carbocycles. The summed E-state index contributed by atoms with van der Waals surface area (Å²) in [5, 5.41) is 6.22. The fourth-order valence-corrected chi connectivity index (χ4v) is 3.25. The summed E-state index contributed by atoms with van der Waals surface area (Å²) in [4.78, 5) is 20.9. The molecule has 0 spiro atoms. The molecule has 2 N–H and O–H groups in total. The third kappa shape index (κ3) is 5.09. The lowest BCUT2D eigenvalue weighted by molar-refractivity contribution is 0.0933. The summed E-state index contributed by atoms with van der Waals surface area (Å²) in [5.74, 6) is 1.73. The summed E-state index contributed by atoms with van der Waals surface area (Å²) < 4.78 is 10.6. The number of anilines is 1. The fraction of sp³-hybridized carbons (Fsp3) is 0.450. The third-order valence-electron chi connectivity index (χ3n) is 4.72. The van der Waals surface area contributed by atoms with Crippen LogP contribution >= 0.6 is 0 Å². The highest BCUT2D eigenvalue weighted by atomic mass is 16.5. The van der Waals surface area contributed by atoms with Crippen molar-refractivity contribution in [2.45, 2.75) is 38.1 Å². The zero-order chi connectivity index (χ0) is 19.1. The molecule has 0 aliphatic heterocycles. The number of carbonyl (C=O) groups is 1. The summed E-state index contributed by atoms with van der Waals surface area (Å²) >= 11 is 0. The van der Waals surface area contributed by atoms with Crippen molar-refractivity contribution in [2.75, 3.05) is 26.1 Å². The average Bonchev–Trinajstić information content (AvgIpc) is 3.21. The lowest BCUT2D eigenvalue weighted by Crippen LogP contribution is -2.33. The van der Waals surface area contributed by atoms with Crippen LogP contribution in [0.1, 0.15) is 41.7 Å². The predicted octanol–water partition coefficient (Wildman–Crippen LogP) is 2.82. The molecule has 144 valence electrons. The maximum Gasteiger partial charge on any atom is 0.270 e. The molecule has 3 rings (SSSR count). The smallest absolute Gasteiger partial charge is 0.270 e. The number of carbonyl (C=O) groups excluding carboxylic acids is 1. The molecule has 1 aliphatic carbocycles. The Bertz CT molecular complexity index is 776. The highest BCUT2D eigenvalue weighted by Gasteiger charge is 2.18. The van der Waals surface area contributed by atoms with Crippen LogP contribution in [0.15, 0.2) is 30.5 Å². The van der Waals surface area contributed by atoms with Gasteiger partial charge in [-0.3, -0.25) is 4.79 Å². The molecule has 7 nitrogen and oxygen atoms in total. The zero-order valence-corrected chi connectivity index (χ0v) is 15.8. The van der Waals surface area contributed by atoms with Crippen LogP contribution in [0.5, 0.6) is 11.5 Å². The molecule has 0 unspecified atom stereocenters. The topological polar surface area (TPSA) is 85.4 Å². The second kappa shape index (κ2) is 9.21. The van der Waals surface area contributed by atoms with Gasteiger partial charge in [-0.25, -0.2) is 9.97 Å². The first kappa shape index (κ1) is 18.9. The van der Waals surface area contributed by atoms with Crippen LogP contribution in [0.3, 0.4) is 0 Å². The molecule has 1 aromatic carbocycles. The van der Waals surface area contributed by atoms with Gasteiger partial charge in [0.05, 0.1) is 14.2 Å². The first-order valence-corrected chi connectivity index (χ1v) is 9.28. The first-order chi connectivity index (χ1) is 13.2. The van der Waals surface area contributed by atoms with Gasteiger partial charge >= 0.3 is 0 Å². The van der Waals surface area contributed by atoms with Crippen molar-refractivity contribution in [3.63, 3.8) is 0 Å². The van der Waals surface area contributed by atoms with Crippen LogP contribution < -0.4 is 20.1 Å². The van der Waals surface area contributed by atoms with Gasteiger partial charge in [0.15, 0.2) is 11.5 Å². The number of hydrogen-bond acceptors (Lipinski definition) is 6. The third-order valence-corrected chi connectivity index (χ3v) is 4.72. The lowest BCUT2D eigenvalue weighted by Gasteiger charge is -2.12. The number of nitrogens with one attached hydrogen (secondary N) is 2. The number of benzene rings is 1. The largest absolute Gasteiger partial charge is 0.493 e. The minimum atomic E-state index is -0.132. The van der Waals surface area contributed by atoms with Crippen molar-refractivity contribution in [2.24, 2.45) is 0 Å². The molecular weight excluding hydrogens is 344 g/mol. The number of rotatable bonds is 8. The maximum absolute atomic E-state index is 12.3. The number of hydrogen-bond donors (Lipinski definition) is 2. The first-order valence-electron chi connectivity index (χ1n) is 9.28. The molecule has 0 radical (unpaired) electrons. The van der Waals surface area contributed by atoms with Crippen molar-refractivity contribution >= 4 is 11.9 Å². The zero-order valence-electron chi connectivity index (χ0n) is 15.8. The Balaban J connectivity index is 1.54. The van der Waals surface area contributed by atoms with Crippen molar-refractivity contribution in [3.05, 3.63) is 41.7 Å². The molecule has 1 amide bonds. The summed E-state index contributed by atoms with van der Waals surface area (Å²) in [5.41, 5.74) is 1.50. The van der Waals surface area contributed by atoms with Gasteiger partial charge in [-0.15, -0.1) is 0 Å². The number of nitrogens with zero attached hydrogens (tertiary/aromatic N) is 2. The van der Waals surface area contributed by atoms with Crippen LogP contribution in [0, 0.1) is 0 Å². The Morgan fingerprint density at radius 3 is 2.67 bits per heavy atom. The van der Waals surface area contributed by atoms with Crippen molar-refractivity contribution in [3.8, 4) is 11.5 Å². The molecule has 0 bridgehead atoms. The van der Waals surface area contributed by atoms with E-state index >= 15 is 0 Å². The molecule has 1 aromatic heterocycles. The second-order valence-corrected chi connectivity index (χ2v) is 6.59. The van der Waals surface area contributed by atoms with E-state index in [4.69, 9.17) is 9.47 Å². The monoisotopic (exact) mass is 370 g/mol. The van der Waals surface area contributed by atoms with Crippen LogP contribution in [0.25, 0.3) is 0 Å². The number of ether oxygens (including phenoxy) is 2. The Morgan fingerprint density at radius 1 is 1.15 bits per heavy atom. The van der Waals surface area contributed by atoms with E-state index in [0.717, 1.165) is 24.8 Å². The molecule has 1 heterocycles. The normalized spacial score (nSPS) is 14.0. The highest BCUT2D eigenvalue weighted by molar-refractivity contribution is 5.92. The van der Waals surface area contributed by atoms with E-state index in [1.165, 1.54) is 12.8 Å².